The monoisotopic (exact) mass is 481 g/mol. The maximum absolute atomic E-state index is 6.17. The smallest absolute Gasteiger partial charge is 0.137 e. The number of thiocarbonyl (C=S) groups is 1. The largest absolute Gasteiger partial charge is 0.360 e. The number of likely N-dealkylation sites (N-methyl/N-ethyl adjacent to an activating group) is 2. The van der Waals surface area contributed by atoms with Crippen molar-refractivity contribution in [3.05, 3.63) is 51.9 Å². The molecule has 0 atom stereocenters. The molecule has 0 radical (unpaired) electrons. The summed E-state index contributed by atoms with van der Waals surface area (Å²) in [5, 5.41) is 1.13. The summed E-state index contributed by atoms with van der Waals surface area (Å²) >= 11 is 8.06. The van der Waals surface area contributed by atoms with Crippen molar-refractivity contribution >= 4 is 39.4 Å². The van der Waals surface area contributed by atoms with E-state index in [4.69, 9.17) is 17.2 Å². The number of rotatable bonds is 3. The van der Waals surface area contributed by atoms with Crippen molar-refractivity contribution in [2.75, 3.05) is 66.5 Å². The molecule has 0 bridgehead atoms. The summed E-state index contributed by atoms with van der Waals surface area (Å²) < 4.78 is 0. The maximum Gasteiger partial charge on any atom is 0.137 e. The highest BCUT2D eigenvalue weighted by atomic mass is 32.1. The number of hydrogen-bond acceptors (Lipinski definition) is 5. The zero-order valence-electron chi connectivity index (χ0n) is 19.9. The van der Waals surface area contributed by atoms with Crippen molar-refractivity contribution in [1.82, 2.24) is 19.6 Å². The Morgan fingerprint density at radius 3 is 2.09 bits per heavy atom. The second kappa shape index (κ2) is 10.2. The first-order chi connectivity index (χ1) is 16.1. The van der Waals surface area contributed by atoms with E-state index in [2.05, 4.69) is 64.0 Å². The van der Waals surface area contributed by atoms with Crippen molar-refractivity contribution in [3.8, 4) is 0 Å². The molecule has 2 fully saturated rings. The molecule has 2 aromatic rings. The minimum Gasteiger partial charge on any atom is -0.360 e. The molecule has 1 aliphatic carbocycles. The lowest BCUT2D eigenvalue weighted by atomic mass is 9.95. The van der Waals surface area contributed by atoms with Crippen LogP contribution in [0.2, 0.25) is 0 Å². The summed E-state index contributed by atoms with van der Waals surface area (Å²) in [6, 6.07) is 10.7. The van der Waals surface area contributed by atoms with Crippen LogP contribution in [0.25, 0.3) is 0 Å². The van der Waals surface area contributed by atoms with Gasteiger partial charge in [-0.05, 0) is 45.3 Å². The lowest BCUT2D eigenvalue weighted by molar-refractivity contribution is 0.216. The predicted molar refractivity (Wildman–Crippen MR) is 143 cm³/mol. The molecule has 7 heteroatoms. The van der Waals surface area contributed by atoms with Crippen molar-refractivity contribution in [2.24, 2.45) is 4.99 Å². The molecule has 1 aromatic carbocycles. The van der Waals surface area contributed by atoms with Crippen LogP contribution in [-0.4, -0.2) is 96.9 Å². The number of amidine groups is 1. The van der Waals surface area contributed by atoms with Crippen molar-refractivity contribution in [2.45, 2.75) is 25.7 Å². The molecule has 3 heterocycles. The van der Waals surface area contributed by atoms with Crippen molar-refractivity contribution in [1.29, 1.82) is 0 Å². The minimum atomic E-state index is 1.01. The van der Waals surface area contributed by atoms with Crippen LogP contribution in [0.5, 0.6) is 0 Å². The van der Waals surface area contributed by atoms with Crippen LogP contribution in [0.1, 0.15) is 34.4 Å². The van der Waals surface area contributed by atoms with Gasteiger partial charge in [0.05, 0.1) is 0 Å². The number of hydrogen-bond donors (Lipinski definition) is 0. The average Bonchev–Trinajstić information content (AvgIpc) is 3.22. The molecule has 0 spiro atoms. The number of aryl methyl sites for hydroxylation is 1. The molecule has 0 amide bonds. The van der Waals surface area contributed by atoms with Crippen LogP contribution in [0.15, 0.2) is 35.3 Å². The summed E-state index contributed by atoms with van der Waals surface area (Å²) in [5.41, 5.74) is 3.95. The summed E-state index contributed by atoms with van der Waals surface area (Å²) in [6.07, 6.45) is 4.85. The first-order valence-corrected chi connectivity index (χ1v) is 13.5. The highest BCUT2D eigenvalue weighted by Gasteiger charge is 2.28. The molecular formula is C26H35N5S2. The van der Waals surface area contributed by atoms with Crippen LogP contribution in [0, 0.1) is 0 Å². The minimum absolute atomic E-state index is 1.01. The topological polar surface area (TPSA) is 25.3 Å². The Kier molecular flexibility index (Phi) is 7.11. The van der Waals surface area contributed by atoms with Gasteiger partial charge in [-0.25, -0.2) is 4.99 Å². The molecule has 5 nitrogen and oxygen atoms in total. The molecule has 2 saturated heterocycles. The molecule has 33 heavy (non-hydrogen) atoms. The van der Waals surface area contributed by atoms with Crippen LogP contribution in [0.4, 0.5) is 5.00 Å². The molecule has 0 N–H and O–H groups in total. The molecular weight excluding hydrogens is 446 g/mol. The second-order valence-corrected chi connectivity index (χ2v) is 11.0. The number of benzene rings is 1. The number of aliphatic imine (C=N–C) groups is 1. The second-order valence-electron chi connectivity index (χ2n) is 9.58. The van der Waals surface area contributed by atoms with Crippen LogP contribution < -0.4 is 0 Å². The predicted octanol–water partition coefficient (Wildman–Crippen LogP) is 3.88. The normalized spacial score (nSPS) is 20.7. The van der Waals surface area contributed by atoms with Gasteiger partial charge in [0.15, 0.2) is 0 Å². The molecule has 0 saturated carbocycles. The Morgan fingerprint density at radius 1 is 0.818 bits per heavy atom. The number of nitrogens with zero attached hydrogens (tertiary/aromatic N) is 5. The van der Waals surface area contributed by atoms with E-state index < -0.39 is 0 Å². The Hall–Kier alpha value is -1.80. The number of fused-ring (bicyclic) bond motifs is 1. The summed E-state index contributed by atoms with van der Waals surface area (Å²) in [6.45, 7) is 8.31. The average molecular weight is 482 g/mol. The Morgan fingerprint density at radius 2 is 1.42 bits per heavy atom. The van der Waals surface area contributed by atoms with E-state index in [1.54, 1.807) is 0 Å². The van der Waals surface area contributed by atoms with Gasteiger partial charge in [-0.15, -0.1) is 11.3 Å². The summed E-state index contributed by atoms with van der Waals surface area (Å²) in [4.78, 5) is 17.6. The van der Waals surface area contributed by atoms with E-state index in [0.717, 1.165) is 74.6 Å². The van der Waals surface area contributed by atoms with Crippen LogP contribution in [-0.2, 0) is 12.8 Å². The van der Waals surface area contributed by atoms with Gasteiger partial charge < -0.3 is 19.6 Å². The first-order valence-electron chi connectivity index (χ1n) is 12.3. The van der Waals surface area contributed by atoms with E-state index >= 15 is 0 Å². The first kappa shape index (κ1) is 23.0. The van der Waals surface area contributed by atoms with E-state index in [-0.39, 0.29) is 0 Å². The molecule has 5 rings (SSSR count). The van der Waals surface area contributed by atoms with Crippen molar-refractivity contribution in [3.63, 3.8) is 0 Å². The molecule has 2 aliphatic heterocycles. The van der Waals surface area contributed by atoms with Gasteiger partial charge in [0.25, 0.3) is 0 Å². The van der Waals surface area contributed by atoms with E-state index in [9.17, 15) is 0 Å². The zero-order chi connectivity index (χ0) is 22.8. The molecule has 176 valence electrons. The SMILES string of the molecule is CN1CCN(C(=S)c2c(/N=C(/c3ccccc3)N3CCN(C)CC3)sc3c2CCCC3)CC1. The Labute approximate surface area is 207 Å². The molecule has 0 unspecified atom stereocenters. The quantitative estimate of drug-likeness (QED) is 0.377. The van der Waals surface area contributed by atoms with Gasteiger partial charge in [-0.2, -0.15) is 0 Å². The third-order valence-electron chi connectivity index (χ3n) is 7.20. The van der Waals surface area contributed by atoms with Crippen LogP contribution >= 0.6 is 23.6 Å². The van der Waals surface area contributed by atoms with Gasteiger partial charge in [0.1, 0.15) is 15.8 Å². The number of piperazine rings is 2. The van der Waals surface area contributed by atoms with Gasteiger partial charge >= 0.3 is 0 Å². The number of thiophene rings is 1. The van der Waals surface area contributed by atoms with Gasteiger partial charge in [-0.1, -0.05) is 42.5 Å². The van der Waals surface area contributed by atoms with Gasteiger partial charge in [0, 0.05) is 68.4 Å². The lowest BCUT2D eigenvalue weighted by Crippen LogP contribution is -2.47. The fourth-order valence-electron chi connectivity index (χ4n) is 5.04. The third kappa shape index (κ3) is 5.02. The summed E-state index contributed by atoms with van der Waals surface area (Å²) in [5.74, 6) is 1.10. The summed E-state index contributed by atoms with van der Waals surface area (Å²) in [7, 11) is 4.40. The highest BCUT2D eigenvalue weighted by Crippen LogP contribution is 2.41. The van der Waals surface area contributed by atoms with Gasteiger partial charge in [-0.3, -0.25) is 0 Å². The maximum atomic E-state index is 6.17. The van der Waals surface area contributed by atoms with E-state index in [1.807, 2.05) is 11.3 Å². The lowest BCUT2D eigenvalue weighted by Gasteiger charge is -2.35. The van der Waals surface area contributed by atoms with E-state index in [0.29, 0.717) is 0 Å². The van der Waals surface area contributed by atoms with Crippen molar-refractivity contribution < 1.29 is 0 Å². The fraction of sp³-hybridized carbons (Fsp3) is 0.538. The standard InChI is InChI=1S/C26H35N5S2/c1-28-12-16-30(17-13-28)24(20-8-4-3-5-9-20)27-25-23(21-10-6-7-11-22(21)33-25)26(32)31-18-14-29(2)15-19-31/h3-5,8-9H,6-7,10-19H2,1-2H3/b27-24-. The highest BCUT2D eigenvalue weighted by molar-refractivity contribution is 7.80. The van der Waals surface area contributed by atoms with Gasteiger partial charge in [0.2, 0.25) is 0 Å². The third-order valence-corrected chi connectivity index (χ3v) is 8.85. The fourth-order valence-corrected chi connectivity index (χ4v) is 6.77. The molecule has 3 aliphatic rings. The van der Waals surface area contributed by atoms with Crippen LogP contribution in [0.3, 0.4) is 0 Å². The Balaban J connectivity index is 1.56. The molecule has 1 aromatic heterocycles. The van der Waals surface area contributed by atoms with E-state index in [1.165, 1.54) is 40.8 Å². The Bertz CT molecular complexity index is 999. The zero-order valence-corrected chi connectivity index (χ0v) is 21.6.